The minimum Gasteiger partial charge on any atom is -0.486 e. The van der Waals surface area contributed by atoms with E-state index in [0.29, 0.717) is 23.6 Å². The fourth-order valence-corrected chi connectivity index (χ4v) is 3.62. The summed E-state index contributed by atoms with van der Waals surface area (Å²) < 4.78 is 16.8. The summed E-state index contributed by atoms with van der Waals surface area (Å²) in [4.78, 5) is 14.4. The topological polar surface area (TPSA) is 64.8 Å². The molecule has 0 spiro atoms. The predicted octanol–water partition coefficient (Wildman–Crippen LogP) is 5.80. The molecular formula is C29H28N2O4. The molecule has 0 unspecified atom stereocenters. The van der Waals surface area contributed by atoms with E-state index in [2.05, 4.69) is 28.8 Å². The Labute approximate surface area is 205 Å². The van der Waals surface area contributed by atoms with Crippen LogP contribution < -0.4 is 4.74 Å². The third-order valence-corrected chi connectivity index (χ3v) is 5.29. The highest BCUT2D eigenvalue weighted by Crippen LogP contribution is 2.18. The Morgan fingerprint density at radius 1 is 0.886 bits per heavy atom. The number of carbonyl (C=O) groups excluding carboxylic acids is 1. The molecule has 0 atom stereocenters. The summed E-state index contributed by atoms with van der Waals surface area (Å²) in [5.41, 5.74) is 3.43. The average molecular weight is 469 g/mol. The van der Waals surface area contributed by atoms with E-state index in [-0.39, 0.29) is 19.2 Å². The van der Waals surface area contributed by atoms with Crippen molar-refractivity contribution in [1.82, 2.24) is 10.1 Å². The fourth-order valence-electron chi connectivity index (χ4n) is 3.62. The van der Waals surface area contributed by atoms with E-state index >= 15 is 0 Å². The van der Waals surface area contributed by atoms with E-state index in [1.54, 1.807) is 24.3 Å². The molecule has 0 aliphatic carbocycles. The van der Waals surface area contributed by atoms with Gasteiger partial charge in [-0.15, -0.1) is 6.58 Å². The van der Waals surface area contributed by atoms with E-state index in [4.69, 9.17) is 14.0 Å². The fraction of sp³-hybridized carbons (Fsp3) is 0.172. The van der Waals surface area contributed by atoms with Crippen LogP contribution >= 0.6 is 0 Å². The summed E-state index contributed by atoms with van der Waals surface area (Å²) >= 11 is 0. The molecule has 6 heteroatoms. The number of aromatic nitrogens is 1. The van der Waals surface area contributed by atoms with E-state index in [1.165, 1.54) is 5.56 Å². The summed E-state index contributed by atoms with van der Waals surface area (Å²) in [6.07, 6.45) is 1.89. The molecule has 0 saturated carbocycles. The SMILES string of the molecule is C=CCN(Cc1ccccc1)Cc1cc(COc2cccc(COC(=O)c3ccccc3)c2)on1. The molecule has 4 rings (SSSR count). The first-order chi connectivity index (χ1) is 17.2. The van der Waals surface area contributed by atoms with Gasteiger partial charge in [-0.05, 0) is 35.4 Å². The van der Waals surface area contributed by atoms with E-state index in [9.17, 15) is 4.79 Å². The Morgan fingerprint density at radius 2 is 1.63 bits per heavy atom. The first-order valence-corrected chi connectivity index (χ1v) is 11.4. The molecule has 0 aliphatic rings. The second-order valence-corrected chi connectivity index (χ2v) is 8.11. The molecule has 1 heterocycles. The number of esters is 1. The van der Waals surface area contributed by atoms with Crippen LogP contribution in [0, 0.1) is 0 Å². The summed E-state index contributed by atoms with van der Waals surface area (Å²) in [6, 6.07) is 28.6. The molecule has 0 amide bonds. The first-order valence-electron chi connectivity index (χ1n) is 11.4. The zero-order valence-corrected chi connectivity index (χ0v) is 19.5. The Hall–Kier alpha value is -4.16. The Morgan fingerprint density at radius 3 is 2.40 bits per heavy atom. The van der Waals surface area contributed by atoms with Gasteiger partial charge in [-0.2, -0.15) is 0 Å². The molecule has 0 aliphatic heterocycles. The van der Waals surface area contributed by atoms with Crippen molar-refractivity contribution in [1.29, 1.82) is 0 Å². The van der Waals surface area contributed by atoms with Gasteiger partial charge in [0.05, 0.1) is 11.3 Å². The maximum atomic E-state index is 12.2. The molecule has 0 N–H and O–H groups in total. The quantitative estimate of drug-likeness (QED) is 0.193. The number of nitrogens with zero attached hydrogens (tertiary/aromatic N) is 2. The average Bonchev–Trinajstić information content (AvgIpc) is 3.35. The highest BCUT2D eigenvalue weighted by atomic mass is 16.5. The van der Waals surface area contributed by atoms with Gasteiger partial charge < -0.3 is 14.0 Å². The van der Waals surface area contributed by atoms with Crippen LogP contribution in [-0.2, 0) is 31.0 Å². The molecule has 3 aromatic carbocycles. The molecule has 178 valence electrons. The van der Waals surface area contributed by atoms with Gasteiger partial charge in [0, 0.05) is 25.7 Å². The van der Waals surface area contributed by atoms with Gasteiger partial charge in [0.1, 0.15) is 19.0 Å². The van der Waals surface area contributed by atoms with Crippen LogP contribution in [0.1, 0.15) is 32.9 Å². The predicted molar refractivity (Wildman–Crippen MR) is 134 cm³/mol. The van der Waals surface area contributed by atoms with Crippen molar-refractivity contribution in [2.45, 2.75) is 26.3 Å². The van der Waals surface area contributed by atoms with Gasteiger partial charge in [0.2, 0.25) is 0 Å². The lowest BCUT2D eigenvalue weighted by Gasteiger charge is -2.19. The lowest BCUT2D eigenvalue weighted by molar-refractivity contribution is 0.0472. The second kappa shape index (κ2) is 12.3. The van der Waals surface area contributed by atoms with Crippen LogP contribution in [0.3, 0.4) is 0 Å². The van der Waals surface area contributed by atoms with Crippen molar-refractivity contribution < 1.29 is 18.8 Å². The van der Waals surface area contributed by atoms with Crippen molar-refractivity contribution in [2.75, 3.05) is 6.54 Å². The number of ether oxygens (including phenoxy) is 2. The van der Waals surface area contributed by atoms with Crippen LogP contribution in [0.5, 0.6) is 5.75 Å². The van der Waals surface area contributed by atoms with Crippen LogP contribution in [0.15, 0.2) is 108 Å². The van der Waals surface area contributed by atoms with Crippen molar-refractivity contribution in [3.8, 4) is 5.75 Å². The molecular weight excluding hydrogens is 440 g/mol. The Kier molecular flexibility index (Phi) is 8.46. The first kappa shape index (κ1) is 24.0. The number of hydrogen-bond donors (Lipinski definition) is 0. The van der Waals surface area contributed by atoms with Crippen molar-refractivity contribution in [2.24, 2.45) is 0 Å². The third kappa shape index (κ3) is 7.42. The molecule has 6 nitrogen and oxygen atoms in total. The third-order valence-electron chi connectivity index (χ3n) is 5.29. The molecule has 0 radical (unpaired) electrons. The maximum absolute atomic E-state index is 12.2. The normalized spacial score (nSPS) is 10.8. The monoisotopic (exact) mass is 468 g/mol. The highest BCUT2D eigenvalue weighted by molar-refractivity contribution is 5.89. The summed E-state index contributed by atoms with van der Waals surface area (Å²) in [5, 5.41) is 4.20. The highest BCUT2D eigenvalue weighted by Gasteiger charge is 2.11. The number of rotatable bonds is 12. The molecule has 0 saturated heterocycles. The van der Waals surface area contributed by atoms with Gasteiger partial charge >= 0.3 is 5.97 Å². The Bertz CT molecular complexity index is 1220. The Balaban J connectivity index is 1.28. The largest absolute Gasteiger partial charge is 0.486 e. The zero-order valence-electron chi connectivity index (χ0n) is 19.5. The van der Waals surface area contributed by atoms with E-state index < -0.39 is 0 Å². The van der Waals surface area contributed by atoms with Gasteiger partial charge in [0.15, 0.2) is 5.76 Å². The molecule has 0 fully saturated rings. The van der Waals surface area contributed by atoms with Gasteiger partial charge in [-0.25, -0.2) is 4.79 Å². The van der Waals surface area contributed by atoms with Crippen molar-refractivity contribution >= 4 is 5.97 Å². The van der Waals surface area contributed by atoms with Crippen LogP contribution in [0.4, 0.5) is 0 Å². The minimum absolute atomic E-state index is 0.165. The van der Waals surface area contributed by atoms with Crippen molar-refractivity contribution in [3.63, 3.8) is 0 Å². The number of benzene rings is 3. The maximum Gasteiger partial charge on any atom is 0.338 e. The van der Waals surface area contributed by atoms with Crippen LogP contribution in [0.2, 0.25) is 0 Å². The van der Waals surface area contributed by atoms with Crippen LogP contribution in [-0.4, -0.2) is 22.6 Å². The van der Waals surface area contributed by atoms with Gasteiger partial charge in [0.25, 0.3) is 0 Å². The lowest BCUT2D eigenvalue weighted by Crippen LogP contribution is -2.22. The second-order valence-electron chi connectivity index (χ2n) is 8.11. The minimum atomic E-state index is -0.358. The summed E-state index contributed by atoms with van der Waals surface area (Å²) in [5.74, 6) is 0.941. The van der Waals surface area contributed by atoms with Crippen LogP contribution in [0.25, 0.3) is 0 Å². The standard InChI is InChI=1S/C29H28N2O4/c1-2-16-31(19-23-10-5-3-6-11-23)20-26-18-28(35-30-26)22-33-27-15-9-12-24(17-27)21-34-29(32)25-13-7-4-8-14-25/h2-15,17-18H,1,16,19-22H2. The zero-order chi connectivity index (χ0) is 24.3. The summed E-state index contributed by atoms with van der Waals surface area (Å²) in [6.45, 7) is 6.47. The summed E-state index contributed by atoms with van der Waals surface area (Å²) in [7, 11) is 0. The number of hydrogen-bond acceptors (Lipinski definition) is 6. The molecule has 0 bridgehead atoms. The van der Waals surface area contributed by atoms with E-state index in [1.807, 2.05) is 60.7 Å². The van der Waals surface area contributed by atoms with E-state index in [0.717, 1.165) is 24.3 Å². The van der Waals surface area contributed by atoms with Gasteiger partial charge in [-0.1, -0.05) is 71.9 Å². The molecule has 35 heavy (non-hydrogen) atoms. The number of carbonyl (C=O) groups is 1. The lowest BCUT2D eigenvalue weighted by atomic mass is 10.2. The molecule has 4 aromatic rings. The smallest absolute Gasteiger partial charge is 0.338 e. The van der Waals surface area contributed by atoms with Gasteiger partial charge in [-0.3, -0.25) is 4.90 Å². The molecule has 1 aromatic heterocycles. The van der Waals surface area contributed by atoms with Crippen molar-refractivity contribution in [3.05, 3.63) is 132 Å².